The molecule has 0 unspecified atom stereocenters. The summed E-state index contributed by atoms with van der Waals surface area (Å²) in [5, 5.41) is 15.4. The molecule has 0 saturated heterocycles. The minimum atomic E-state index is -1.04. The van der Waals surface area contributed by atoms with E-state index in [0.717, 1.165) is 43.2 Å². The van der Waals surface area contributed by atoms with E-state index in [-0.39, 0.29) is 24.8 Å². The fourth-order valence-corrected chi connectivity index (χ4v) is 6.46. The second kappa shape index (κ2) is 33.3. The Kier molecular flexibility index (Phi) is 30.1. The van der Waals surface area contributed by atoms with Crippen LogP contribution in [0.2, 0.25) is 0 Å². The fourth-order valence-electron chi connectivity index (χ4n) is 6.46. The molecule has 1 rings (SSSR count). The summed E-state index contributed by atoms with van der Waals surface area (Å²) < 4.78 is 0. The quantitative estimate of drug-likeness (QED) is 0.0504. The molecule has 6 heteroatoms. The summed E-state index contributed by atoms with van der Waals surface area (Å²) in [6.07, 6.45) is 34.0. The topological polar surface area (TPSA) is 95.5 Å². The molecule has 50 heavy (non-hydrogen) atoms. The second-order valence-electron chi connectivity index (χ2n) is 14.4. The van der Waals surface area contributed by atoms with Crippen molar-refractivity contribution >= 4 is 17.8 Å². The number of carbonyl (C=O) groups excluding carboxylic acids is 2. The third-order valence-corrected chi connectivity index (χ3v) is 9.62. The van der Waals surface area contributed by atoms with Crippen LogP contribution in [-0.4, -0.2) is 35.5 Å². The first kappa shape index (κ1) is 45.2. The van der Waals surface area contributed by atoms with Crippen molar-refractivity contribution in [2.75, 3.05) is 6.54 Å². The molecule has 2 amide bonds. The van der Waals surface area contributed by atoms with Gasteiger partial charge in [-0.25, -0.2) is 4.79 Å². The number of carboxylic acid groups (broad SMARTS) is 1. The Balaban J connectivity index is 2.18. The molecule has 1 atom stereocenters. The van der Waals surface area contributed by atoms with Crippen molar-refractivity contribution in [3.8, 4) is 11.8 Å². The summed E-state index contributed by atoms with van der Waals surface area (Å²) in [5.74, 6) is 4.88. The number of benzene rings is 1. The van der Waals surface area contributed by atoms with E-state index in [1.54, 1.807) is 0 Å². The van der Waals surface area contributed by atoms with Gasteiger partial charge in [0.2, 0.25) is 11.8 Å². The molecular weight excluding hydrogens is 620 g/mol. The number of unbranched alkanes of at least 4 members (excludes halogenated alkanes) is 24. The maximum atomic E-state index is 12.5. The van der Waals surface area contributed by atoms with Crippen LogP contribution < -0.4 is 10.6 Å². The number of amides is 2. The van der Waals surface area contributed by atoms with E-state index in [1.807, 2.05) is 24.3 Å². The molecule has 1 aromatic rings. The van der Waals surface area contributed by atoms with Crippen molar-refractivity contribution in [2.24, 2.45) is 0 Å². The minimum absolute atomic E-state index is 0.0370. The molecule has 0 heterocycles. The third-order valence-electron chi connectivity index (χ3n) is 9.62. The lowest BCUT2D eigenvalue weighted by Crippen LogP contribution is -2.42. The minimum Gasteiger partial charge on any atom is -0.480 e. The van der Waals surface area contributed by atoms with Crippen LogP contribution in [0, 0.1) is 11.8 Å². The van der Waals surface area contributed by atoms with Gasteiger partial charge in [-0.15, -0.1) is 0 Å². The molecule has 0 saturated carbocycles. The lowest BCUT2D eigenvalue weighted by atomic mass is 10.0. The number of hydrogen-bond acceptors (Lipinski definition) is 3. The maximum absolute atomic E-state index is 12.5. The summed E-state index contributed by atoms with van der Waals surface area (Å²) in [7, 11) is 0. The molecule has 0 aliphatic carbocycles. The summed E-state index contributed by atoms with van der Waals surface area (Å²) in [6, 6.07) is 6.46. The van der Waals surface area contributed by atoms with Gasteiger partial charge in [0.05, 0.1) is 6.54 Å². The average Bonchev–Trinajstić information content (AvgIpc) is 3.10. The van der Waals surface area contributed by atoms with Crippen molar-refractivity contribution in [1.82, 2.24) is 10.6 Å². The third kappa shape index (κ3) is 27.9. The Hall–Kier alpha value is -2.81. The van der Waals surface area contributed by atoms with Crippen LogP contribution in [-0.2, 0) is 20.8 Å². The molecule has 3 N–H and O–H groups in total. The Morgan fingerprint density at radius 1 is 0.600 bits per heavy atom. The molecule has 0 fully saturated rings. The van der Waals surface area contributed by atoms with Gasteiger partial charge >= 0.3 is 5.97 Å². The Morgan fingerprint density at radius 2 is 1.02 bits per heavy atom. The van der Waals surface area contributed by atoms with Gasteiger partial charge < -0.3 is 15.7 Å². The largest absolute Gasteiger partial charge is 0.480 e. The average molecular weight is 695 g/mol. The van der Waals surface area contributed by atoms with Crippen molar-refractivity contribution < 1.29 is 19.5 Å². The molecule has 0 aromatic heterocycles. The van der Waals surface area contributed by atoms with Gasteiger partial charge in [0.15, 0.2) is 0 Å². The standard InChI is InChI=1S/C44H74N2O4/c1-3-5-7-9-11-13-15-17-19-21-23-25-27-34-42(47)45-36-30-33-39-31-29-32-40(37-39)38-41(44(49)50)46-43(48)35-28-26-24-22-20-18-16-14-12-10-8-6-4-2/h29,31-32,37,41H,3-28,34-36,38H2,1-2H3,(H,45,47)(H,46,48)(H,49,50)/t41-/m0/s1. The van der Waals surface area contributed by atoms with Gasteiger partial charge in [-0.1, -0.05) is 192 Å². The highest BCUT2D eigenvalue weighted by atomic mass is 16.4. The molecule has 0 bridgehead atoms. The van der Waals surface area contributed by atoms with Gasteiger partial charge in [-0.2, -0.15) is 0 Å². The number of carboxylic acids is 1. The molecule has 0 aliphatic rings. The summed E-state index contributed by atoms with van der Waals surface area (Å²) in [6.45, 7) is 4.80. The lowest BCUT2D eigenvalue weighted by Gasteiger charge is -2.15. The van der Waals surface area contributed by atoms with Crippen LogP contribution >= 0.6 is 0 Å². The highest BCUT2D eigenvalue weighted by Crippen LogP contribution is 2.15. The number of aliphatic carboxylic acids is 1. The number of hydrogen-bond donors (Lipinski definition) is 3. The number of carbonyl (C=O) groups is 3. The Bertz CT molecular complexity index is 1060. The molecular formula is C44H74N2O4. The highest BCUT2D eigenvalue weighted by Gasteiger charge is 2.20. The zero-order valence-electron chi connectivity index (χ0n) is 32.3. The zero-order chi connectivity index (χ0) is 36.3. The van der Waals surface area contributed by atoms with Crippen molar-refractivity contribution in [3.63, 3.8) is 0 Å². The predicted molar refractivity (Wildman–Crippen MR) is 210 cm³/mol. The number of nitrogens with one attached hydrogen (secondary N) is 2. The molecule has 0 spiro atoms. The molecule has 0 aliphatic heterocycles. The SMILES string of the molecule is CCCCCCCCCCCCCCCC(=O)NCC#Cc1cccc(C[C@H](NC(=O)CCCCCCCCCCCCCCC)C(=O)O)c1. The van der Waals surface area contributed by atoms with Crippen LogP contribution in [0.4, 0.5) is 0 Å². The molecule has 6 nitrogen and oxygen atoms in total. The molecule has 0 radical (unpaired) electrons. The second-order valence-corrected chi connectivity index (χ2v) is 14.4. The Labute approximate surface area is 307 Å². The lowest BCUT2D eigenvalue weighted by molar-refractivity contribution is -0.141. The number of rotatable bonds is 33. The van der Waals surface area contributed by atoms with Gasteiger partial charge in [-0.3, -0.25) is 9.59 Å². The van der Waals surface area contributed by atoms with Crippen LogP contribution in [0.25, 0.3) is 0 Å². The first-order valence-electron chi connectivity index (χ1n) is 20.8. The van der Waals surface area contributed by atoms with Crippen molar-refractivity contribution in [3.05, 3.63) is 35.4 Å². The van der Waals surface area contributed by atoms with Crippen molar-refractivity contribution in [2.45, 2.75) is 206 Å². The van der Waals surface area contributed by atoms with Gasteiger partial charge in [0.1, 0.15) is 6.04 Å². The molecule has 284 valence electrons. The van der Waals surface area contributed by atoms with Crippen LogP contribution in [0.15, 0.2) is 24.3 Å². The Morgan fingerprint density at radius 3 is 1.46 bits per heavy atom. The van der Waals surface area contributed by atoms with E-state index < -0.39 is 12.0 Å². The summed E-state index contributed by atoms with van der Waals surface area (Å²) in [5.41, 5.74) is 1.56. The van der Waals surface area contributed by atoms with Gasteiger partial charge in [0, 0.05) is 24.8 Å². The fraction of sp³-hybridized carbons (Fsp3) is 0.750. The highest BCUT2D eigenvalue weighted by molar-refractivity contribution is 5.83. The van der Waals surface area contributed by atoms with E-state index in [2.05, 4.69) is 36.3 Å². The van der Waals surface area contributed by atoms with E-state index in [4.69, 9.17) is 0 Å². The van der Waals surface area contributed by atoms with E-state index in [9.17, 15) is 19.5 Å². The van der Waals surface area contributed by atoms with E-state index in [1.165, 1.54) is 135 Å². The zero-order valence-corrected chi connectivity index (χ0v) is 32.3. The first-order valence-corrected chi connectivity index (χ1v) is 20.8. The molecule has 1 aromatic carbocycles. The van der Waals surface area contributed by atoms with Gasteiger partial charge in [-0.05, 0) is 30.5 Å². The monoisotopic (exact) mass is 695 g/mol. The normalized spacial score (nSPS) is 11.5. The van der Waals surface area contributed by atoms with Crippen LogP contribution in [0.1, 0.15) is 205 Å². The van der Waals surface area contributed by atoms with Crippen LogP contribution in [0.3, 0.4) is 0 Å². The van der Waals surface area contributed by atoms with E-state index >= 15 is 0 Å². The summed E-state index contributed by atoms with van der Waals surface area (Å²) >= 11 is 0. The smallest absolute Gasteiger partial charge is 0.326 e. The maximum Gasteiger partial charge on any atom is 0.326 e. The van der Waals surface area contributed by atoms with Crippen LogP contribution in [0.5, 0.6) is 0 Å². The van der Waals surface area contributed by atoms with E-state index in [0.29, 0.717) is 12.8 Å². The predicted octanol–water partition coefficient (Wildman–Crippen LogP) is 11.2. The van der Waals surface area contributed by atoms with Gasteiger partial charge in [0.25, 0.3) is 0 Å². The summed E-state index contributed by atoms with van der Waals surface area (Å²) in [4.78, 5) is 36.6. The van der Waals surface area contributed by atoms with Crippen molar-refractivity contribution in [1.29, 1.82) is 0 Å². The first-order chi connectivity index (χ1) is 24.5.